The maximum absolute atomic E-state index is 13.2. The van der Waals surface area contributed by atoms with Crippen LogP contribution in [0.1, 0.15) is 48.5 Å². The number of carbonyl (C=O) groups excluding carboxylic acids is 3. The number of rotatable bonds is 9. The minimum atomic E-state index is -0.684. The van der Waals surface area contributed by atoms with Crippen molar-refractivity contribution < 1.29 is 18.8 Å². The van der Waals surface area contributed by atoms with Crippen molar-refractivity contribution >= 4 is 46.1 Å². The summed E-state index contributed by atoms with van der Waals surface area (Å²) in [5, 5.41) is 3.23. The minimum absolute atomic E-state index is 0.0359. The van der Waals surface area contributed by atoms with Crippen LogP contribution in [0.15, 0.2) is 58.5 Å². The largest absolute Gasteiger partial charge is 0.356 e. The highest BCUT2D eigenvalue weighted by Crippen LogP contribution is 2.34. The molecular weight excluding hydrogens is 455 g/mol. The quantitative estimate of drug-likeness (QED) is 0.432. The van der Waals surface area contributed by atoms with E-state index in [1.54, 1.807) is 0 Å². The van der Waals surface area contributed by atoms with Gasteiger partial charge < -0.3 is 5.32 Å². The van der Waals surface area contributed by atoms with Crippen molar-refractivity contribution in [1.29, 1.82) is 0 Å². The number of halogens is 1. The smallest absolute Gasteiger partial charge is 0.259 e. The van der Waals surface area contributed by atoms with Gasteiger partial charge in [0.1, 0.15) is 17.7 Å². The lowest BCUT2D eigenvalue weighted by Gasteiger charge is -2.25. The third-order valence-electron chi connectivity index (χ3n) is 5.54. The molecule has 2 aliphatic heterocycles. The molecule has 2 heterocycles. The van der Waals surface area contributed by atoms with E-state index in [9.17, 15) is 18.8 Å². The average molecular weight is 481 g/mol. The predicted octanol–water partition coefficient (Wildman–Crippen LogP) is 4.10. The first-order valence-electron chi connectivity index (χ1n) is 11.3. The molecule has 1 N–H and O–H groups in total. The highest BCUT2D eigenvalue weighted by molar-refractivity contribution is 8.14. The number of hydrogen-bond donors (Lipinski definition) is 1. The fraction of sp³-hybridized carbons (Fsp3) is 0.320. The number of unbranched alkanes of at least 4 members (excludes halogenated alkanes) is 1. The van der Waals surface area contributed by atoms with Gasteiger partial charge in [0.15, 0.2) is 11.0 Å². The van der Waals surface area contributed by atoms with E-state index < -0.39 is 11.9 Å². The Bertz CT molecular complexity index is 1160. The molecular formula is C25H25FN4O3S. The van der Waals surface area contributed by atoms with Crippen LogP contribution in [0.3, 0.4) is 0 Å². The first-order valence-corrected chi connectivity index (χ1v) is 12.2. The first-order chi connectivity index (χ1) is 16.5. The van der Waals surface area contributed by atoms with E-state index >= 15 is 0 Å². The Hall–Kier alpha value is -3.33. The number of ketones is 1. The van der Waals surface area contributed by atoms with E-state index in [0.717, 1.165) is 30.2 Å². The number of para-hydroxylation sites is 1. The van der Waals surface area contributed by atoms with E-state index in [1.807, 2.05) is 24.3 Å². The van der Waals surface area contributed by atoms with Gasteiger partial charge in [0.2, 0.25) is 5.91 Å². The van der Waals surface area contributed by atoms with Crippen LogP contribution in [0, 0.1) is 5.82 Å². The van der Waals surface area contributed by atoms with Crippen LogP contribution in [-0.2, 0) is 9.59 Å². The van der Waals surface area contributed by atoms with E-state index in [-0.39, 0.29) is 29.8 Å². The molecule has 1 unspecified atom stereocenters. The summed E-state index contributed by atoms with van der Waals surface area (Å²) < 4.78 is 13.2. The van der Waals surface area contributed by atoms with Crippen LogP contribution >= 0.6 is 11.8 Å². The topological polar surface area (TPSA) is 91.2 Å². The third kappa shape index (κ3) is 5.25. The van der Waals surface area contributed by atoms with Crippen LogP contribution < -0.4 is 5.32 Å². The molecule has 0 fully saturated rings. The lowest BCUT2D eigenvalue weighted by molar-refractivity contribution is -0.125. The molecule has 2 aliphatic rings. The van der Waals surface area contributed by atoms with Gasteiger partial charge in [0.25, 0.3) is 5.91 Å². The third-order valence-corrected chi connectivity index (χ3v) is 6.48. The summed E-state index contributed by atoms with van der Waals surface area (Å²) in [7, 11) is 0. The lowest BCUT2D eigenvalue weighted by atomic mass is 10.1. The van der Waals surface area contributed by atoms with Crippen LogP contribution in [0.5, 0.6) is 0 Å². The second-order valence-electron chi connectivity index (χ2n) is 8.01. The number of benzene rings is 2. The van der Waals surface area contributed by atoms with Crippen LogP contribution in [-0.4, -0.2) is 51.8 Å². The van der Waals surface area contributed by atoms with Crippen molar-refractivity contribution in [2.45, 2.75) is 38.6 Å². The molecule has 0 bridgehead atoms. The Morgan fingerprint density at radius 3 is 2.68 bits per heavy atom. The summed E-state index contributed by atoms with van der Waals surface area (Å²) in [5.41, 5.74) is 1.79. The zero-order chi connectivity index (χ0) is 24.1. The molecule has 7 nitrogen and oxygen atoms in total. The monoisotopic (exact) mass is 480 g/mol. The van der Waals surface area contributed by atoms with Gasteiger partial charge >= 0.3 is 0 Å². The Labute approximate surface area is 201 Å². The summed E-state index contributed by atoms with van der Waals surface area (Å²) in [6, 6.07) is 12.0. The summed E-state index contributed by atoms with van der Waals surface area (Å²) in [6.07, 6.45) is 2.40. The number of hydrogen-bond acceptors (Lipinski definition) is 6. The number of amidine groups is 2. The van der Waals surface area contributed by atoms with E-state index in [2.05, 4.69) is 22.2 Å². The molecule has 0 saturated heterocycles. The maximum Gasteiger partial charge on any atom is 0.259 e. The molecule has 2 aromatic carbocycles. The number of fused-ring (bicyclic) bond motifs is 3. The van der Waals surface area contributed by atoms with Gasteiger partial charge in [0, 0.05) is 24.1 Å². The normalized spacial score (nSPS) is 16.5. The van der Waals surface area contributed by atoms with E-state index in [4.69, 9.17) is 0 Å². The lowest BCUT2D eigenvalue weighted by Crippen LogP contribution is -2.41. The van der Waals surface area contributed by atoms with Gasteiger partial charge in [-0.25, -0.2) is 14.3 Å². The van der Waals surface area contributed by atoms with Crippen molar-refractivity contribution in [3.63, 3.8) is 0 Å². The average Bonchev–Trinajstić information content (AvgIpc) is 3.18. The molecule has 0 spiro atoms. The van der Waals surface area contributed by atoms with E-state index in [0.29, 0.717) is 35.2 Å². The predicted molar refractivity (Wildman–Crippen MR) is 131 cm³/mol. The van der Waals surface area contributed by atoms with Gasteiger partial charge in [-0.05, 0) is 49.2 Å². The Morgan fingerprint density at radius 2 is 1.91 bits per heavy atom. The fourth-order valence-corrected chi connectivity index (χ4v) is 4.59. The number of carbonyl (C=O) groups is 3. The molecule has 0 saturated carbocycles. The van der Waals surface area contributed by atoms with E-state index in [1.165, 1.54) is 29.2 Å². The van der Waals surface area contributed by atoms with Gasteiger partial charge in [-0.3, -0.25) is 19.4 Å². The number of Topliss-reactive ketones (excluding diaryl/α,β-unsaturated/α-hetero) is 1. The maximum atomic E-state index is 13.2. The highest BCUT2D eigenvalue weighted by atomic mass is 32.2. The SMILES string of the molecule is CCCCNC(=O)CCC1N=C2c3ccccc3N=C(SCC(=O)c3ccc(F)cc3)N2C1=O. The molecule has 9 heteroatoms. The minimum Gasteiger partial charge on any atom is -0.356 e. The molecule has 34 heavy (non-hydrogen) atoms. The number of nitrogens with zero attached hydrogens (tertiary/aromatic N) is 3. The molecule has 1 atom stereocenters. The Kier molecular flexibility index (Phi) is 7.52. The molecule has 2 aromatic rings. The van der Waals surface area contributed by atoms with Crippen LogP contribution in [0.25, 0.3) is 0 Å². The molecule has 2 amide bonds. The Morgan fingerprint density at radius 1 is 1.15 bits per heavy atom. The summed E-state index contributed by atoms with van der Waals surface area (Å²) >= 11 is 1.14. The molecule has 176 valence electrons. The second kappa shape index (κ2) is 10.7. The number of amides is 2. The fourth-order valence-electron chi connectivity index (χ4n) is 3.70. The van der Waals surface area contributed by atoms with Crippen molar-refractivity contribution in [1.82, 2.24) is 10.2 Å². The van der Waals surface area contributed by atoms with Gasteiger partial charge in [0.05, 0.1) is 11.4 Å². The summed E-state index contributed by atoms with van der Waals surface area (Å²) in [6.45, 7) is 2.68. The molecule has 0 aliphatic carbocycles. The van der Waals surface area contributed by atoms with Crippen molar-refractivity contribution in [3.8, 4) is 0 Å². The molecule has 0 aromatic heterocycles. The summed E-state index contributed by atoms with van der Waals surface area (Å²) in [5.74, 6) is -0.438. The zero-order valence-corrected chi connectivity index (χ0v) is 19.6. The molecule has 4 rings (SSSR count). The van der Waals surface area contributed by atoms with Gasteiger partial charge in [-0.1, -0.05) is 37.2 Å². The number of nitrogens with one attached hydrogen (secondary N) is 1. The van der Waals surface area contributed by atoms with Gasteiger partial charge in [-0.2, -0.15) is 0 Å². The van der Waals surface area contributed by atoms with Crippen LogP contribution in [0.4, 0.5) is 10.1 Å². The second-order valence-corrected chi connectivity index (χ2v) is 8.96. The number of aliphatic imine (C=N–C) groups is 2. The van der Waals surface area contributed by atoms with Crippen molar-refractivity contribution in [3.05, 3.63) is 65.5 Å². The summed E-state index contributed by atoms with van der Waals surface area (Å²) in [4.78, 5) is 48.7. The van der Waals surface area contributed by atoms with Gasteiger partial charge in [-0.15, -0.1) is 0 Å². The van der Waals surface area contributed by atoms with Crippen molar-refractivity contribution in [2.24, 2.45) is 9.98 Å². The van der Waals surface area contributed by atoms with Crippen molar-refractivity contribution in [2.75, 3.05) is 12.3 Å². The zero-order valence-electron chi connectivity index (χ0n) is 18.8. The number of thioether (sulfide) groups is 1. The van der Waals surface area contributed by atoms with Crippen LogP contribution in [0.2, 0.25) is 0 Å². The Balaban J connectivity index is 1.49. The molecule has 0 radical (unpaired) electrons. The first kappa shape index (κ1) is 23.8. The standard InChI is InChI=1S/C25H25FN4O3S/c1-2-3-14-27-22(32)13-12-20-24(33)30-23(28-20)18-6-4-5-7-19(18)29-25(30)34-15-21(31)16-8-10-17(26)11-9-16/h4-11,20H,2-3,12-15H2,1H3,(H,27,32). The highest BCUT2D eigenvalue weighted by Gasteiger charge is 2.41.